The molecule has 0 aliphatic carbocycles. The number of anilines is 1. The molecule has 1 amide bonds. The summed E-state index contributed by atoms with van der Waals surface area (Å²) < 4.78 is 10.1. The molecule has 0 spiro atoms. The number of hydrogen-bond acceptors (Lipinski definition) is 6. The quantitative estimate of drug-likeness (QED) is 0.363. The molecule has 0 fully saturated rings. The van der Waals surface area contributed by atoms with Gasteiger partial charge in [0.05, 0.1) is 0 Å². The molecule has 154 valence electrons. The van der Waals surface area contributed by atoms with Crippen molar-refractivity contribution in [2.24, 2.45) is 5.92 Å². The van der Waals surface area contributed by atoms with Crippen LogP contribution in [0.4, 0.5) is 5.69 Å². The number of ketones is 1. The lowest BCUT2D eigenvalue weighted by atomic mass is 10.1. The molecule has 1 N–H and O–H groups in total. The number of carbonyl (C=O) groups is 3. The molecule has 7 heteroatoms. The standard InChI is InChI=1S/C23H21NO6/c1-14(2)11-21(26)24-17-9-7-15(8-10-17)19(25)13-29-22(27)18-12-16-5-3-4-6-20(16)30-23(18)28/h3-10,12,14H,11,13H2,1-2H3,(H,24,26). The molecule has 3 rings (SSSR count). The Morgan fingerprint density at radius 1 is 1.03 bits per heavy atom. The number of fused-ring (bicyclic) bond motifs is 1. The first kappa shape index (κ1) is 21.0. The monoisotopic (exact) mass is 407 g/mol. The van der Waals surface area contributed by atoms with Crippen LogP contribution in [0.5, 0.6) is 0 Å². The van der Waals surface area contributed by atoms with Gasteiger partial charge in [0, 0.05) is 23.1 Å². The smallest absolute Gasteiger partial charge is 0.351 e. The number of para-hydroxylation sites is 1. The number of benzene rings is 2. The van der Waals surface area contributed by atoms with Gasteiger partial charge in [0.25, 0.3) is 0 Å². The van der Waals surface area contributed by atoms with E-state index in [0.29, 0.717) is 28.6 Å². The number of esters is 1. The Hall–Kier alpha value is -3.74. The van der Waals surface area contributed by atoms with Gasteiger partial charge in [0.15, 0.2) is 12.4 Å². The van der Waals surface area contributed by atoms with Gasteiger partial charge in [-0.25, -0.2) is 9.59 Å². The number of hydrogen-bond donors (Lipinski definition) is 1. The first-order chi connectivity index (χ1) is 14.3. The maximum absolute atomic E-state index is 12.3. The third-order valence-corrected chi connectivity index (χ3v) is 4.28. The molecule has 1 aromatic heterocycles. The third-order valence-electron chi connectivity index (χ3n) is 4.28. The van der Waals surface area contributed by atoms with Crippen molar-refractivity contribution in [1.29, 1.82) is 0 Å². The van der Waals surface area contributed by atoms with E-state index in [1.165, 1.54) is 18.2 Å². The molecule has 0 aliphatic heterocycles. The van der Waals surface area contributed by atoms with Crippen molar-refractivity contribution in [3.8, 4) is 0 Å². The van der Waals surface area contributed by atoms with Gasteiger partial charge in [-0.15, -0.1) is 0 Å². The number of amides is 1. The molecule has 7 nitrogen and oxygen atoms in total. The molecular weight excluding hydrogens is 386 g/mol. The highest BCUT2D eigenvalue weighted by atomic mass is 16.5. The molecule has 0 saturated heterocycles. The summed E-state index contributed by atoms with van der Waals surface area (Å²) in [4.78, 5) is 48.3. The maximum atomic E-state index is 12.3. The minimum absolute atomic E-state index is 0.104. The van der Waals surface area contributed by atoms with E-state index in [2.05, 4.69) is 5.32 Å². The van der Waals surface area contributed by atoms with E-state index in [4.69, 9.17) is 9.15 Å². The van der Waals surface area contributed by atoms with Gasteiger partial charge < -0.3 is 14.5 Å². The Morgan fingerprint density at radius 3 is 2.43 bits per heavy atom. The van der Waals surface area contributed by atoms with Gasteiger partial charge in [-0.2, -0.15) is 0 Å². The summed E-state index contributed by atoms with van der Waals surface area (Å²) in [5.74, 6) is -1.23. The lowest BCUT2D eigenvalue weighted by Gasteiger charge is -2.08. The average Bonchev–Trinajstić information content (AvgIpc) is 2.71. The highest BCUT2D eigenvalue weighted by Gasteiger charge is 2.17. The van der Waals surface area contributed by atoms with Crippen LogP contribution in [0.25, 0.3) is 11.0 Å². The summed E-state index contributed by atoms with van der Waals surface area (Å²) in [5, 5.41) is 3.33. The van der Waals surface area contributed by atoms with Crippen molar-refractivity contribution in [3.05, 3.63) is 76.1 Å². The van der Waals surface area contributed by atoms with E-state index in [1.807, 2.05) is 13.8 Å². The number of carbonyl (C=O) groups excluding carboxylic acids is 3. The molecule has 1 heterocycles. The van der Waals surface area contributed by atoms with Crippen LogP contribution in [0, 0.1) is 5.92 Å². The Labute approximate surface area is 172 Å². The predicted molar refractivity (Wildman–Crippen MR) is 112 cm³/mol. The second-order valence-corrected chi connectivity index (χ2v) is 7.21. The maximum Gasteiger partial charge on any atom is 0.351 e. The fourth-order valence-electron chi connectivity index (χ4n) is 2.82. The van der Waals surface area contributed by atoms with Crippen molar-refractivity contribution in [1.82, 2.24) is 0 Å². The van der Waals surface area contributed by atoms with Crippen molar-refractivity contribution >= 4 is 34.3 Å². The largest absolute Gasteiger partial charge is 0.453 e. The van der Waals surface area contributed by atoms with Gasteiger partial charge in [-0.1, -0.05) is 32.0 Å². The fraction of sp³-hybridized carbons (Fsp3) is 0.217. The minimum atomic E-state index is -0.930. The zero-order valence-corrected chi connectivity index (χ0v) is 16.6. The summed E-state index contributed by atoms with van der Waals surface area (Å²) in [6.45, 7) is 3.37. The van der Waals surface area contributed by atoms with Crippen LogP contribution in [-0.4, -0.2) is 24.3 Å². The summed E-state index contributed by atoms with van der Waals surface area (Å²) >= 11 is 0. The van der Waals surface area contributed by atoms with Crippen molar-refractivity contribution in [3.63, 3.8) is 0 Å². The molecule has 0 saturated carbocycles. The minimum Gasteiger partial charge on any atom is -0.453 e. The first-order valence-corrected chi connectivity index (χ1v) is 9.46. The predicted octanol–water partition coefficient (Wildman–Crippen LogP) is 3.82. The number of ether oxygens (including phenoxy) is 1. The third kappa shape index (κ3) is 5.20. The Kier molecular flexibility index (Phi) is 6.41. The van der Waals surface area contributed by atoms with Gasteiger partial charge in [-0.05, 0) is 42.3 Å². The molecule has 2 aromatic carbocycles. The van der Waals surface area contributed by atoms with E-state index in [1.54, 1.807) is 36.4 Å². The van der Waals surface area contributed by atoms with E-state index in [-0.39, 0.29) is 17.4 Å². The highest BCUT2D eigenvalue weighted by molar-refractivity contribution is 6.00. The van der Waals surface area contributed by atoms with Crippen LogP contribution in [0.3, 0.4) is 0 Å². The number of rotatable bonds is 7. The number of nitrogens with one attached hydrogen (secondary N) is 1. The van der Waals surface area contributed by atoms with Crippen molar-refractivity contribution < 1.29 is 23.5 Å². The van der Waals surface area contributed by atoms with E-state index >= 15 is 0 Å². The van der Waals surface area contributed by atoms with Gasteiger partial charge in [0.1, 0.15) is 11.1 Å². The topological polar surface area (TPSA) is 103 Å². The highest BCUT2D eigenvalue weighted by Crippen LogP contribution is 2.14. The summed E-state index contributed by atoms with van der Waals surface area (Å²) in [6.07, 6.45) is 0.402. The lowest BCUT2D eigenvalue weighted by Crippen LogP contribution is -2.20. The Morgan fingerprint density at radius 2 is 1.73 bits per heavy atom. The van der Waals surface area contributed by atoms with Crippen LogP contribution in [0.15, 0.2) is 63.8 Å². The van der Waals surface area contributed by atoms with Crippen LogP contribution >= 0.6 is 0 Å². The molecule has 0 bridgehead atoms. The molecule has 0 atom stereocenters. The molecule has 0 radical (unpaired) electrons. The molecule has 30 heavy (non-hydrogen) atoms. The normalized spacial score (nSPS) is 10.8. The van der Waals surface area contributed by atoms with E-state index < -0.39 is 24.0 Å². The molecule has 0 unspecified atom stereocenters. The Balaban J connectivity index is 1.61. The molecule has 0 aliphatic rings. The summed E-state index contributed by atoms with van der Waals surface area (Å²) in [6, 6.07) is 14.4. The van der Waals surface area contributed by atoms with Crippen LogP contribution in [-0.2, 0) is 9.53 Å². The number of Topliss-reactive ketones (excluding diaryl/α,β-unsaturated/α-hetero) is 1. The molecule has 3 aromatic rings. The second-order valence-electron chi connectivity index (χ2n) is 7.21. The van der Waals surface area contributed by atoms with E-state index in [0.717, 1.165) is 0 Å². The summed E-state index contributed by atoms with van der Waals surface area (Å²) in [7, 11) is 0. The van der Waals surface area contributed by atoms with Gasteiger partial charge in [0.2, 0.25) is 5.91 Å². The van der Waals surface area contributed by atoms with Gasteiger partial charge in [-0.3, -0.25) is 9.59 Å². The van der Waals surface area contributed by atoms with Crippen molar-refractivity contribution in [2.45, 2.75) is 20.3 Å². The Bertz CT molecular complexity index is 1140. The van der Waals surface area contributed by atoms with Crippen LogP contribution in [0.1, 0.15) is 41.0 Å². The SMILES string of the molecule is CC(C)CC(=O)Nc1ccc(C(=O)COC(=O)c2cc3ccccc3oc2=O)cc1. The average molecular weight is 407 g/mol. The zero-order valence-electron chi connectivity index (χ0n) is 16.6. The second kappa shape index (κ2) is 9.17. The first-order valence-electron chi connectivity index (χ1n) is 9.46. The van der Waals surface area contributed by atoms with Crippen LogP contribution in [0.2, 0.25) is 0 Å². The zero-order chi connectivity index (χ0) is 21.7. The summed E-state index contributed by atoms with van der Waals surface area (Å²) in [5.41, 5.74) is 0.145. The lowest BCUT2D eigenvalue weighted by molar-refractivity contribution is -0.116. The molecular formula is C23H21NO6. The van der Waals surface area contributed by atoms with Crippen LogP contribution < -0.4 is 10.9 Å². The van der Waals surface area contributed by atoms with Crippen molar-refractivity contribution in [2.75, 3.05) is 11.9 Å². The fourth-order valence-corrected chi connectivity index (χ4v) is 2.82. The van der Waals surface area contributed by atoms with Gasteiger partial charge >= 0.3 is 11.6 Å². The van der Waals surface area contributed by atoms with E-state index in [9.17, 15) is 19.2 Å².